The van der Waals surface area contributed by atoms with Crippen molar-refractivity contribution in [2.75, 3.05) is 18.9 Å². The Morgan fingerprint density at radius 2 is 2.24 bits per heavy atom. The van der Waals surface area contributed by atoms with Gasteiger partial charge in [0.25, 0.3) is 0 Å². The van der Waals surface area contributed by atoms with Crippen molar-refractivity contribution in [2.45, 2.75) is 26.3 Å². The molecule has 0 spiro atoms. The van der Waals surface area contributed by atoms with Gasteiger partial charge in [0.1, 0.15) is 11.9 Å². The largest absolute Gasteiger partial charge is 0.480 e. The molecule has 0 saturated heterocycles. The fourth-order valence-corrected chi connectivity index (χ4v) is 3.14. The molecule has 10 heteroatoms. The van der Waals surface area contributed by atoms with E-state index in [2.05, 4.69) is 20.3 Å². The summed E-state index contributed by atoms with van der Waals surface area (Å²) >= 11 is 0. The topological polar surface area (TPSA) is 139 Å². The summed E-state index contributed by atoms with van der Waals surface area (Å²) in [5, 5.41) is 12.2. The van der Waals surface area contributed by atoms with Crippen LogP contribution in [0.4, 0.5) is 10.7 Å². The predicted octanol–water partition coefficient (Wildman–Crippen LogP) is 1.47. The molecule has 4 N–H and O–H groups in total. The van der Waals surface area contributed by atoms with E-state index in [1.165, 1.54) is 22.6 Å². The number of amidine groups is 1. The van der Waals surface area contributed by atoms with E-state index in [0.29, 0.717) is 30.4 Å². The lowest BCUT2D eigenvalue weighted by molar-refractivity contribution is -0.141. The lowest BCUT2D eigenvalue weighted by Gasteiger charge is -2.31. The van der Waals surface area contributed by atoms with Crippen molar-refractivity contribution < 1.29 is 14.7 Å². The van der Waals surface area contributed by atoms with Crippen molar-refractivity contribution in [3.63, 3.8) is 0 Å². The summed E-state index contributed by atoms with van der Waals surface area (Å²) < 4.78 is 1.49. The molecule has 0 saturated carbocycles. The zero-order valence-electron chi connectivity index (χ0n) is 16.5. The van der Waals surface area contributed by atoms with Gasteiger partial charge in [0, 0.05) is 43.7 Å². The fourth-order valence-electron chi connectivity index (χ4n) is 3.14. The summed E-state index contributed by atoms with van der Waals surface area (Å²) in [6.45, 7) is 3.74. The molecule has 2 aromatic rings. The minimum atomic E-state index is -1.03. The number of fused-ring (bicyclic) bond motifs is 1. The summed E-state index contributed by atoms with van der Waals surface area (Å²) in [7, 11) is 1.62. The van der Waals surface area contributed by atoms with E-state index >= 15 is 0 Å². The molecule has 0 aromatic carbocycles. The molecule has 0 radical (unpaired) electrons. The smallest absolute Gasteiger partial charge is 0.329 e. The highest BCUT2D eigenvalue weighted by atomic mass is 16.4. The Labute approximate surface area is 167 Å². The predicted molar refractivity (Wildman–Crippen MR) is 109 cm³/mol. The molecule has 29 heavy (non-hydrogen) atoms. The van der Waals surface area contributed by atoms with Crippen LogP contribution in [0, 0.1) is 6.92 Å². The molecule has 0 unspecified atom stereocenters. The number of amides is 1. The van der Waals surface area contributed by atoms with Crippen molar-refractivity contribution in [3.05, 3.63) is 42.0 Å². The molecule has 0 fully saturated rings. The van der Waals surface area contributed by atoms with E-state index in [-0.39, 0.29) is 6.03 Å². The number of aryl methyl sites for hydroxylation is 1. The normalized spacial score (nSPS) is 15.5. The standard InChI is InChI=1S/C19H23N7O3/c1-11-9-22-18(23-15(21-3)4-6-20)24-16(11)13-8-14-5-7-25(12(2)17(27)28)19(29)26(14)10-13/h4,6,8-10,12H,5,7,20H2,1-3H3,(H,27,28)(H,21,22,23,24)/t12-/m1/s1. The second-order valence-electron chi connectivity index (χ2n) is 6.65. The number of nitrogens with two attached hydrogens (primary N) is 1. The van der Waals surface area contributed by atoms with Crippen molar-refractivity contribution in [2.24, 2.45) is 10.7 Å². The van der Waals surface area contributed by atoms with E-state index in [1.54, 1.807) is 25.5 Å². The second kappa shape index (κ2) is 8.13. The van der Waals surface area contributed by atoms with Crippen molar-refractivity contribution in [3.8, 4) is 11.3 Å². The molecule has 1 aliphatic heterocycles. The van der Waals surface area contributed by atoms with Crippen LogP contribution < -0.4 is 11.1 Å². The monoisotopic (exact) mass is 397 g/mol. The van der Waals surface area contributed by atoms with E-state index in [4.69, 9.17) is 5.73 Å². The van der Waals surface area contributed by atoms with E-state index in [1.807, 2.05) is 13.0 Å². The van der Waals surface area contributed by atoms with E-state index < -0.39 is 12.0 Å². The molecule has 152 valence electrons. The average Bonchev–Trinajstić information content (AvgIpc) is 3.13. The van der Waals surface area contributed by atoms with Crippen molar-refractivity contribution >= 4 is 23.8 Å². The quantitative estimate of drug-likeness (QED) is 0.513. The summed E-state index contributed by atoms with van der Waals surface area (Å²) in [5.74, 6) is -0.177. The van der Waals surface area contributed by atoms with Crippen LogP contribution in [-0.4, -0.2) is 62.0 Å². The number of carboxylic acid groups (broad SMARTS) is 1. The molecule has 1 aliphatic rings. The number of carbonyl (C=O) groups excluding carboxylic acids is 1. The van der Waals surface area contributed by atoms with Gasteiger partial charge in [0.15, 0.2) is 0 Å². The van der Waals surface area contributed by atoms with Gasteiger partial charge in [-0.3, -0.25) is 9.56 Å². The van der Waals surface area contributed by atoms with Crippen LogP contribution in [0.25, 0.3) is 11.3 Å². The fraction of sp³-hybridized carbons (Fsp3) is 0.316. The third-order valence-corrected chi connectivity index (χ3v) is 4.77. The summed E-state index contributed by atoms with van der Waals surface area (Å²) in [6, 6.07) is 0.653. The molecule has 2 aromatic heterocycles. The molecule has 10 nitrogen and oxygen atoms in total. The Kier molecular flexibility index (Phi) is 5.62. The molecule has 0 aliphatic carbocycles. The molecule has 3 heterocycles. The number of aliphatic carboxylic acids is 1. The maximum atomic E-state index is 12.8. The molecular weight excluding hydrogens is 374 g/mol. The van der Waals surface area contributed by atoms with Crippen LogP contribution in [0.15, 0.2) is 35.7 Å². The first kappa shape index (κ1) is 20.1. The number of rotatable bonds is 5. The zero-order valence-corrected chi connectivity index (χ0v) is 16.5. The molecular formula is C19H23N7O3. The highest BCUT2D eigenvalue weighted by molar-refractivity contribution is 6.02. The van der Waals surface area contributed by atoms with Gasteiger partial charge < -0.3 is 21.1 Å². The van der Waals surface area contributed by atoms with Crippen LogP contribution in [0.5, 0.6) is 0 Å². The minimum absolute atomic E-state index is 0.348. The zero-order chi connectivity index (χ0) is 21.1. The third-order valence-electron chi connectivity index (χ3n) is 4.77. The number of hydrogen-bond acceptors (Lipinski definition) is 6. The van der Waals surface area contributed by atoms with Crippen LogP contribution in [0.2, 0.25) is 0 Å². The lowest BCUT2D eigenvalue weighted by atomic mass is 10.1. The maximum absolute atomic E-state index is 12.8. The van der Waals surface area contributed by atoms with Gasteiger partial charge in [-0.15, -0.1) is 0 Å². The van der Waals surface area contributed by atoms with Crippen LogP contribution >= 0.6 is 0 Å². The first-order valence-corrected chi connectivity index (χ1v) is 9.06. The second-order valence-corrected chi connectivity index (χ2v) is 6.65. The Bertz CT molecular complexity index is 1010. The van der Waals surface area contributed by atoms with Crippen LogP contribution in [-0.2, 0) is 11.2 Å². The van der Waals surface area contributed by atoms with Gasteiger partial charge in [-0.1, -0.05) is 0 Å². The molecule has 0 bridgehead atoms. The number of aromatic nitrogens is 3. The SMILES string of the molecule is CN=C(C=CN)Nc1ncc(C)c(-c2cc3n(c2)C(=O)N([C@H](C)C(=O)O)CC3)n1. The summed E-state index contributed by atoms with van der Waals surface area (Å²) in [4.78, 5) is 38.3. The minimum Gasteiger partial charge on any atom is -0.480 e. The number of carboxylic acids is 1. The van der Waals surface area contributed by atoms with E-state index in [0.717, 1.165) is 16.8 Å². The van der Waals surface area contributed by atoms with Gasteiger partial charge in [0.05, 0.1) is 5.69 Å². The van der Waals surface area contributed by atoms with Crippen LogP contribution in [0.1, 0.15) is 18.2 Å². The van der Waals surface area contributed by atoms with Crippen LogP contribution in [0.3, 0.4) is 0 Å². The highest BCUT2D eigenvalue weighted by Gasteiger charge is 2.31. The molecule has 1 amide bonds. The van der Waals surface area contributed by atoms with Gasteiger partial charge in [-0.05, 0) is 37.8 Å². The molecule has 1 atom stereocenters. The lowest BCUT2D eigenvalue weighted by Crippen LogP contribution is -2.49. The Balaban J connectivity index is 1.93. The van der Waals surface area contributed by atoms with E-state index in [9.17, 15) is 14.7 Å². The Morgan fingerprint density at radius 1 is 1.48 bits per heavy atom. The highest BCUT2D eigenvalue weighted by Crippen LogP contribution is 2.27. The van der Waals surface area contributed by atoms with Gasteiger partial charge in [0.2, 0.25) is 5.95 Å². The third kappa shape index (κ3) is 3.96. The van der Waals surface area contributed by atoms with Gasteiger partial charge >= 0.3 is 12.0 Å². The van der Waals surface area contributed by atoms with Gasteiger partial charge in [-0.2, -0.15) is 0 Å². The first-order valence-electron chi connectivity index (χ1n) is 9.06. The Morgan fingerprint density at radius 3 is 2.90 bits per heavy atom. The Hall–Kier alpha value is -3.69. The summed E-state index contributed by atoms with van der Waals surface area (Å²) in [6.07, 6.45) is 6.89. The number of aliphatic imine (C=N–C) groups is 1. The average molecular weight is 397 g/mol. The maximum Gasteiger partial charge on any atom is 0.329 e. The molecule has 3 rings (SSSR count). The first-order chi connectivity index (χ1) is 13.8. The number of carbonyl (C=O) groups is 2. The number of hydrogen-bond donors (Lipinski definition) is 3. The number of anilines is 1. The number of nitrogens with one attached hydrogen (secondary N) is 1. The van der Waals surface area contributed by atoms with Crippen molar-refractivity contribution in [1.82, 2.24) is 19.4 Å². The summed E-state index contributed by atoms with van der Waals surface area (Å²) in [5.41, 5.74) is 8.48. The van der Waals surface area contributed by atoms with Crippen molar-refractivity contribution in [1.29, 1.82) is 0 Å². The van der Waals surface area contributed by atoms with Gasteiger partial charge in [-0.25, -0.2) is 19.6 Å². The number of nitrogens with zero attached hydrogens (tertiary/aromatic N) is 5.